The Morgan fingerprint density at radius 3 is 2.68 bits per heavy atom. The van der Waals surface area contributed by atoms with Gasteiger partial charge in [-0.2, -0.15) is 13.5 Å². The van der Waals surface area contributed by atoms with Crippen molar-refractivity contribution in [1.82, 2.24) is 14.8 Å². The van der Waals surface area contributed by atoms with Crippen LogP contribution in [0, 0.1) is 6.92 Å². The number of aryl methyl sites for hydroxylation is 1. The lowest BCUT2D eigenvalue weighted by molar-refractivity contribution is -0.190. The Labute approximate surface area is 189 Å². The third kappa shape index (κ3) is 4.92. The summed E-state index contributed by atoms with van der Waals surface area (Å²) >= 11 is 12.4. The minimum Gasteiger partial charge on any atom is -0.342 e. The molecule has 0 N–H and O–H groups in total. The minimum atomic E-state index is -3.94. The molecule has 0 bridgehead atoms. The SMILES string of the molecule is Cc1ccc(S(=O)(=O)OC[C@@H]2CO[C@@](Cn3cncn3)(c3ccc(Cl)cc3Cl)O2)cc1. The highest BCUT2D eigenvalue weighted by molar-refractivity contribution is 7.86. The first kappa shape index (κ1) is 22.2. The molecule has 0 saturated carbocycles. The summed E-state index contributed by atoms with van der Waals surface area (Å²) < 4.78 is 43.9. The molecule has 8 nitrogen and oxygen atoms in total. The molecular weight excluding hydrogens is 465 g/mol. The van der Waals surface area contributed by atoms with E-state index in [1.54, 1.807) is 30.3 Å². The van der Waals surface area contributed by atoms with Crippen LogP contribution in [0.4, 0.5) is 0 Å². The second-order valence-corrected chi connectivity index (χ2v) is 9.53. The van der Waals surface area contributed by atoms with Crippen molar-refractivity contribution < 1.29 is 22.1 Å². The van der Waals surface area contributed by atoms with Gasteiger partial charge < -0.3 is 9.47 Å². The molecule has 1 aromatic heterocycles. The molecule has 0 amide bonds. The van der Waals surface area contributed by atoms with E-state index in [1.165, 1.54) is 29.5 Å². The summed E-state index contributed by atoms with van der Waals surface area (Å²) in [5.74, 6) is -1.31. The van der Waals surface area contributed by atoms with Crippen LogP contribution in [0.25, 0.3) is 0 Å². The van der Waals surface area contributed by atoms with E-state index in [4.69, 9.17) is 36.9 Å². The number of rotatable bonds is 7. The van der Waals surface area contributed by atoms with Crippen molar-refractivity contribution in [3.05, 3.63) is 76.3 Å². The second-order valence-electron chi connectivity index (χ2n) is 7.07. The minimum absolute atomic E-state index is 0.0756. The molecule has 0 aliphatic carbocycles. The van der Waals surface area contributed by atoms with E-state index in [9.17, 15) is 8.42 Å². The molecular formula is C20H19Cl2N3O5S. The number of nitrogens with zero attached hydrogens (tertiary/aromatic N) is 3. The molecule has 3 aromatic rings. The van der Waals surface area contributed by atoms with Crippen molar-refractivity contribution in [1.29, 1.82) is 0 Å². The van der Waals surface area contributed by atoms with Crippen molar-refractivity contribution >= 4 is 33.3 Å². The van der Waals surface area contributed by atoms with Crippen molar-refractivity contribution in [3.8, 4) is 0 Å². The van der Waals surface area contributed by atoms with Crippen LogP contribution in [0.2, 0.25) is 10.0 Å². The fourth-order valence-electron chi connectivity index (χ4n) is 3.22. The van der Waals surface area contributed by atoms with Gasteiger partial charge >= 0.3 is 0 Å². The predicted molar refractivity (Wildman–Crippen MR) is 113 cm³/mol. The van der Waals surface area contributed by atoms with Crippen LogP contribution in [0.15, 0.2) is 60.0 Å². The quantitative estimate of drug-likeness (QED) is 0.474. The smallest absolute Gasteiger partial charge is 0.297 e. The van der Waals surface area contributed by atoms with Gasteiger partial charge in [-0.05, 0) is 31.2 Å². The first-order valence-electron chi connectivity index (χ1n) is 9.33. The van der Waals surface area contributed by atoms with Gasteiger partial charge in [-0.1, -0.05) is 47.0 Å². The Kier molecular flexibility index (Phi) is 6.34. The second kappa shape index (κ2) is 8.85. The summed E-state index contributed by atoms with van der Waals surface area (Å²) in [5, 5.41) is 4.92. The zero-order valence-electron chi connectivity index (χ0n) is 16.4. The van der Waals surface area contributed by atoms with Crippen molar-refractivity contribution in [3.63, 3.8) is 0 Å². The van der Waals surface area contributed by atoms with Crippen LogP contribution < -0.4 is 0 Å². The molecule has 164 valence electrons. The van der Waals surface area contributed by atoms with Gasteiger partial charge in [0.2, 0.25) is 5.79 Å². The van der Waals surface area contributed by atoms with Crippen LogP contribution in [-0.4, -0.2) is 42.5 Å². The van der Waals surface area contributed by atoms with Gasteiger partial charge in [-0.15, -0.1) is 0 Å². The molecule has 31 heavy (non-hydrogen) atoms. The molecule has 2 atom stereocenters. The Balaban J connectivity index is 1.53. The van der Waals surface area contributed by atoms with Gasteiger partial charge in [-0.3, -0.25) is 4.18 Å². The lowest BCUT2D eigenvalue weighted by Gasteiger charge is -2.29. The third-order valence-electron chi connectivity index (χ3n) is 4.76. The molecule has 11 heteroatoms. The largest absolute Gasteiger partial charge is 0.342 e. The lowest BCUT2D eigenvalue weighted by atomic mass is 10.1. The van der Waals surface area contributed by atoms with Crippen LogP contribution in [0.1, 0.15) is 11.1 Å². The Hall–Kier alpha value is -2.01. The van der Waals surface area contributed by atoms with E-state index in [1.807, 2.05) is 6.92 Å². The van der Waals surface area contributed by atoms with E-state index in [0.29, 0.717) is 15.6 Å². The number of hydrogen-bond acceptors (Lipinski definition) is 7. The monoisotopic (exact) mass is 483 g/mol. The molecule has 1 fully saturated rings. The van der Waals surface area contributed by atoms with E-state index < -0.39 is 22.0 Å². The fourth-order valence-corrected chi connectivity index (χ4v) is 4.71. The van der Waals surface area contributed by atoms with Crippen LogP contribution in [0.3, 0.4) is 0 Å². The van der Waals surface area contributed by atoms with Gasteiger partial charge in [0, 0.05) is 10.6 Å². The summed E-state index contributed by atoms with van der Waals surface area (Å²) in [6.45, 7) is 1.89. The molecule has 1 aliphatic heterocycles. The predicted octanol–water partition coefficient (Wildman–Crippen LogP) is 3.57. The average molecular weight is 484 g/mol. The lowest BCUT2D eigenvalue weighted by Crippen LogP contribution is -2.35. The number of halogens is 2. The van der Waals surface area contributed by atoms with Crippen LogP contribution in [0.5, 0.6) is 0 Å². The maximum atomic E-state index is 12.5. The number of hydrogen-bond donors (Lipinski definition) is 0. The Bertz CT molecular complexity index is 1160. The fraction of sp³-hybridized carbons (Fsp3) is 0.300. The highest BCUT2D eigenvalue weighted by atomic mass is 35.5. The van der Waals surface area contributed by atoms with Crippen LogP contribution in [-0.2, 0) is 36.1 Å². The van der Waals surface area contributed by atoms with Gasteiger partial charge in [0.05, 0.1) is 23.1 Å². The Morgan fingerprint density at radius 2 is 2.00 bits per heavy atom. The standard InChI is InChI=1S/C20H19Cl2N3O5S/c1-14-2-5-17(6-3-14)31(26,27)29-10-16-9-28-20(30-16,11-25-13-23-12-24-25)18-7-4-15(21)8-19(18)22/h2-8,12-13,16H,9-11H2,1H3/t16-,20+/m0/s1. The van der Waals surface area contributed by atoms with Gasteiger partial charge in [0.25, 0.3) is 10.1 Å². The topological polar surface area (TPSA) is 92.5 Å². The first-order valence-corrected chi connectivity index (χ1v) is 11.5. The number of benzene rings is 2. The Morgan fingerprint density at radius 1 is 1.23 bits per heavy atom. The molecule has 1 aliphatic rings. The number of ether oxygens (including phenoxy) is 2. The van der Waals surface area contributed by atoms with Gasteiger partial charge in [0.15, 0.2) is 0 Å². The van der Waals surface area contributed by atoms with E-state index in [0.717, 1.165) is 5.56 Å². The van der Waals surface area contributed by atoms with Crippen LogP contribution >= 0.6 is 23.2 Å². The average Bonchev–Trinajstić information content (AvgIpc) is 3.38. The summed E-state index contributed by atoms with van der Waals surface area (Å²) in [5.41, 5.74) is 1.49. The summed E-state index contributed by atoms with van der Waals surface area (Å²) in [7, 11) is -3.94. The molecule has 4 rings (SSSR count). The third-order valence-corrected chi connectivity index (χ3v) is 6.60. The van der Waals surface area contributed by atoms with E-state index in [2.05, 4.69) is 10.1 Å². The maximum Gasteiger partial charge on any atom is 0.297 e. The maximum absolute atomic E-state index is 12.5. The molecule has 0 spiro atoms. The molecule has 0 radical (unpaired) electrons. The van der Waals surface area contributed by atoms with Crippen molar-refractivity contribution in [2.75, 3.05) is 13.2 Å². The highest BCUT2D eigenvalue weighted by Gasteiger charge is 2.46. The first-order chi connectivity index (χ1) is 14.8. The summed E-state index contributed by atoms with van der Waals surface area (Å²) in [6, 6.07) is 11.4. The van der Waals surface area contributed by atoms with Crippen molar-refractivity contribution in [2.45, 2.75) is 30.3 Å². The van der Waals surface area contributed by atoms with E-state index >= 15 is 0 Å². The molecule has 2 heterocycles. The zero-order chi connectivity index (χ0) is 22.1. The number of aromatic nitrogens is 3. The van der Waals surface area contributed by atoms with Gasteiger partial charge in [0.1, 0.15) is 25.3 Å². The summed E-state index contributed by atoms with van der Waals surface area (Å²) in [6.07, 6.45) is 2.25. The molecule has 1 saturated heterocycles. The molecule has 2 aromatic carbocycles. The van der Waals surface area contributed by atoms with Gasteiger partial charge in [-0.25, -0.2) is 9.67 Å². The van der Waals surface area contributed by atoms with E-state index in [-0.39, 0.29) is 24.7 Å². The molecule has 0 unspecified atom stereocenters. The normalized spacial score (nSPS) is 21.5. The zero-order valence-corrected chi connectivity index (χ0v) is 18.8. The highest BCUT2D eigenvalue weighted by Crippen LogP contribution is 2.40. The summed E-state index contributed by atoms with van der Waals surface area (Å²) in [4.78, 5) is 4.01. The van der Waals surface area contributed by atoms with Crippen molar-refractivity contribution in [2.24, 2.45) is 0 Å².